The second-order valence-electron chi connectivity index (χ2n) is 4.56. The molecule has 1 aliphatic rings. The van der Waals surface area contributed by atoms with Crippen LogP contribution in [0.1, 0.15) is 22.7 Å². The van der Waals surface area contributed by atoms with Crippen molar-refractivity contribution in [3.63, 3.8) is 0 Å². The Hall–Kier alpha value is -2.07. The molecule has 4 heteroatoms. The van der Waals surface area contributed by atoms with Crippen molar-refractivity contribution in [3.8, 4) is 11.5 Å². The Morgan fingerprint density at radius 3 is 3.11 bits per heavy atom. The minimum atomic E-state index is -0.219. The van der Waals surface area contributed by atoms with Gasteiger partial charge in [-0.05, 0) is 23.3 Å². The smallest absolute Gasteiger partial charge is 0.142 e. The molecule has 1 aliphatic heterocycles. The van der Waals surface area contributed by atoms with Crippen LogP contribution in [0.2, 0.25) is 0 Å². The highest BCUT2D eigenvalue weighted by Gasteiger charge is 2.18. The molecule has 0 spiro atoms. The van der Waals surface area contributed by atoms with Crippen LogP contribution in [0.5, 0.6) is 11.5 Å². The van der Waals surface area contributed by atoms with Crippen molar-refractivity contribution in [3.05, 3.63) is 53.3 Å². The second kappa shape index (κ2) is 4.90. The lowest BCUT2D eigenvalue weighted by atomic mass is 9.97. The molecule has 1 aromatic carbocycles. The van der Waals surface area contributed by atoms with E-state index in [1.165, 1.54) is 5.56 Å². The van der Waals surface area contributed by atoms with E-state index in [1.54, 1.807) is 19.5 Å². The Morgan fingerprint density at radius 1 is 1.37 bits per heavy atom. The predicted octanol–water partition coefficient (Wildman–Crippen LogP) is 2.07. The van der Waals surface area contributed by atoms with E-state index < -0.39 is 0 Å². The highest BCUT2D eigenvalue weighted by molar-refractivity contribution is 5.45. The van der Waals surface area contributed by atoms with Gasteiger partial charge in [0.15, 0.2) is 0 Å². The average molecular weight is 256 g/mol. The molecule has 3 rings (SSSR count). The first-order chi connectivity index (χ1) is 9.29. The zero-order chi connectivity index (χ0) is 13.2. The fraction of sp³-hybridized carbons (Fsp3) is 0.267. The Kier molecular flexibility index (Phi) is 3.09. The van der Waals surface area contributed by atoms with Crippen LogP contribution in [-0.4, -0.2) is 18.7 Å². The summed E-state index contributed by atoms with van der Waals surface area (Å²) in [5.74, 6) is 1.68. The third-order valence-corrected chi connectivity index (χ3v) is 3.44. The summed E-state index contributed by atoms with van der Waals surface area (Å²) < 4.78 is 10.8. The van der Waals surface area contributed by atoms with E-state index >= 15 is 0 Å². The maximum atomic E-state index is 6.34. The number of nitrogens with two attached hydrogens (primary N) is 1. The lowest BCUT2D eigenvalue weighted by molar-refractivity contribution is 0.357. The van der Waals surface area contributed by atoms with Gasteiger partial charge in [-0.3, -0.25) is 4.98 Å². The molecule has 0 fully saturated rings. The van der Waals surface area contributed by atoms with E-state index in [-0.39, 0.29) is 6.04 Å². The van der Waals surface area contributed by atoms with Gasteiger partial charge in [-0.15, -0.1) is 0 Å². The molecular formula is C15H16N2O2. The van der Waals surface area contributed by atoms with Gasteiger partial charge in [-0.2, -0.15) is 0 Å². The normalized spacial score (nSPS) is 14.6. The molecule has 2 N–H and O–H groups in total. The quantitative estimate of drug-likeness (QED) is 0.913. The van der Waals surface area contributed by atoms with Crippen molar-refractivity contribution in [2.24, 2.45) is 5.73 Å². The Morgan fingerprint density at radius 2 is 2.26 bits per heavy atom. The fourth-order valence-electron chi connectivity index (χ4n) is 2.40. The van der Waals surface area contributed by atoms with Gasteiger partial charge in [-0.25, -0.2) is 0 Å². The zero-order valence-electron chi connectivity index (χ0n) is 10.8. The lowest BCUT2D eigenvalue weighted by Gasteiger charge is -2.16. The van der Waals surface area contributed by atoms with Crippen molar-refractivity contribution in [1.29, 1.82) is 0 Å². The molecule has 1 atom stereocenters. The van der Waals surface area contributed by atoms with Crippen LogP contribution in [0.4, 0.5) is 0 Å². The van der Waals surface area contributed by atoms with E-state index in [4.69, 9.17) is 15.2 Å². The molecule has 0 aliphatic carbocycles. The zero-order valence-corrected chi connectivity index (χ0v) is 10.8. The monoisotopic (exact) mass is 256 g/mol. The number of benzene rings is 1. The molecule has 0 saturated heterocycles. The molecule has 1 unspecified atom stereocenters. The predicted molar refractivity (Wildman–Crippen MR) is 72.5 cm³/mol. The lowest BCUT2D eigenvalue weighted by Crippen LogP contribution is -2.13. The van der Waals surface area contributed by atoms with Gasteiger partial charge < -0.3 is 15.2 Å². The number of aromatic nitrogens is 1. The number of hydrogen-bond acceptors (Lipinski definition) is 4. The first-order valence-corrected chi connectivity index (χ1v) is 6.28. The summed E-state index contributed by atoms with van der Waals surface area (Å²) in [7, 11) is 1.63. The number of pyridine rings is 1. The molecular weight excluding hydrogens is 240 g/mol. The molecule has 98 valence electrons. The number of rotatable bonds is 3. The van der Waals surface area contributed by atoms with Crippen molar-refractivity contribution in [2.75, 3.05) is 13.7 Å². The van der Waals surface area contributed by atoms with Crippen LogP contribution in [-0.2, 0) is 6.42 Å². The molecule has 0 saturated carbocycles. The molecule has 2 heterocycles. The molecule has 4 nitrogen and oxygen atoms in total. The van der Waals surface area contributed by atoms with Crippen LogP contribution < -0.4 is 15.2 Å². The summed E-state index contributed by atoms with van der Waals surface area (Å²) in [5, 5.41) is 0. The third kappa shape index (κ3) is 2.15. The number of nitrogens with zero attached hydrogens (tertiary/aromatic N) is 1. The summed E-state index contributed by atoms with van der Waals surface area (Å²) in [6.45, 7) is 0.757. The van der Waals surface area contributed by atoms with Crippen LogP contribution in [0.25, 0.3) is 0 Å². The Labute approximate surface area is 112 Å². The van der Waals surface area contributed by atoms with Crippen LogP contribution in [0.3, 0.4) is 0 Å². The SMILES string of the molecule is COc1cnccc1C(N)c1ccc2c(c1)CCO2. The van der Waals surface area contributed by atoms with Crippen molar-refractivity contribution >= 4 is 0 Å². The minimum Gasteiger partial charge on any atom is -0.495 e. The van der Waals surface area contributed by atoms with Gasteiger partial charge in [-0.1, -0.05) is 12.1 Å². The Bertz CT molecular complexity index is 598. The van der Waals surface area contributed by atoms with Gasteiger partial charge in [0.25, 0.3) is 0 Å². The van der Waals surface area contributed by atoms with Gasteiger partial charge in [0.1, 0.15) is 11.5 Å². The van der Waals surface area contributed by atoms with Crippen molar-refractivity contribution < 1.29 is 9.47 Å². The molecule has 1 aromatic heterocycles. The first kappa shape index (κ1) is 12.0. The fourth-order valence-corrected chi connectivity index (χ4v) is 2.40. The van der Waals surface area contributed by atoms with Gasteiger partial charge in [0.2, 0.25) is 0 Å². The van der Waals surface area contributed by atoms with Crippen LogP contribution >= 0.6 is 0 Å². The third-order valence-electron chi connectivity index (χ3n) is 3.44. The highest BCUT2D eigenvalue weighted by atomic mass is 16.5. The topological polar surface area (TPSA) is 57.4 Å². The number of methoxy groups -OCH3 is 1. The van der Waals surface area contributed by atoms with Crippen molar-refractivity contribution in [1.82, 2.24) is 4.98 Å². The van der Waals surface area contributed by atoms with Gasteiger partial charge in [0, 0.05) is 18.2 Å². The molecule has 0 amide bonds. The number of ether oxygens (including phenoxy) is 2. The standard InChI is InChI=1S/C15H16N2O2/c1-18-14-9-17-6-4-12(14)15(16)11-2-3-13-10(8-11)5-7-19-13/h2-4,6,8-9,15H,5,7,16H2,1H3. The van der Waals surface area contributed by atoms with E-state index in [2.05, 4.69) is 11.1 Å². The highest BCUT2D eigenvalue weighted by Crippen LogP contribution is 2.32. The maximum Gasteiger partial charge on any atom is 0.142 e. The molecule has 0 radical (unpaired) electrons. The van der Waals surface area contributed by atoms with Crippen LogP contribution in [0, 0.1) is 0 Å². The van der Waals surface area contributed by atoms with Crippen molar-refractivity contribution in [2.45, 2.75) is 12.5 Å². The molecule has 2 aromatic rings. The first-order valence-electron chi connectivity index (χ1n) is 6.28. The minimum absolute atomic E-state index is 0.219. The van der Waals surface area contributed by atoms with Crippen LogP contribution in [0.15, 0.2) is 36.7 Å². The summed E-state index contributed by atoms with van der Waals surface area (Å²) >= 11 is 0. The van der Waals surface area contributed by atoms with E-state index in [9.17, 15) is 0 Å². The largest absolute Gasteiger partial charge is 0.495 e. The summed E-state index contributed by atoms with van der Waals surface area (Å²) in [5.41, 5.74) is 9.57. The van der Waals surface area contributed by atoms with E-state index in [1.807, 2.05) is 18.2 Å². The number of fused-ring (bicyclic) bond motifs is 1. The Balaban J connectivity index is 1.97. The average Bonchev–Trinajstić information content (AvgIpc) is 2.93. The number of hydrogen-bond donors (Lipinski definition) is 1. The molecule has 19 heavy (non-hydrogen) atoms. The van der Waals surface area contributed by atoms with E-state index in [0.29, 0.717) is 5.75 Å². The van der Waals surface area contributed by atoms with Gasteiger partial charge in [0.05, 0.1) is 26.0 Å². The van der Waals surface area contributed by atoms with Gasteiger partial charge >= 0.3 is 0 Å². The maximum absolute atomic E-state index is 6.34. The summed E-state index contributed by atoms with van der Waals surface area (Å²) in [6, 6.07) is 7.80. The second-order valence-corrected chi connectivity index (χ2v) is 4.56. The summed E-state index contributed by atoms with van der Waals surface area (Å²) in [6.07, 6.45) is 4.36. The molecule has 0 bridgehead atoms. The van der Waals surface area contributed by atoms with E-state index in [0.717, 1.165) is 29.9 Å². The summed E-state index contributed by atoms with van der Waals surface area (Å²) in [4.78, 5) is 4.05.